The predicted molar refractivity (Wildman–Crippen MR) is 77.7 cm³/mol. The predicted octanol–water partition coefficient (Wildman–Crippen LogP) is 3.25. The number of aliphatic hydroxyl groups is 1. The minimum Gasteiger partial charge on any atom is -0.359 e. The molecule has 1 heterocycles. The topological polar surface area (TPSA) is 32.8 Å². The fraction of sp³-hybridized carbons (Fsp3) is 0.111. The van der Waals surface area contributed by atoms with Crippen LogP contribution in [0.2, 0.25) is 0 Å². The normalized spacial score (nSPS) is 30.6. The molecular weight excluding hydrogens is 248 g/mol. The standard InChI is InChI=1S/C18H14O2/c19-18-16(14-8-3-1-4-9-14)12-7-13-17(18,20-18)15-10-5-2-6-11-15/h1-13,19H. The maximum absolute atomic E-state index is 10.9. The second-order valence-corrected chi connectivity index (χ2v) is 5.15. The van der Waals surface area contributed by atoms with Crippen molar-refractivity contribution in [3.8, 4) is 0 Å². The van der Waals surface area contributed by atoms with Crippen molar-refractivity contribution in [2.75, 3.05) is 0 Å². The van der Waals surface area contributed by atoms with Crippen molar-refractivity contribution in [2.24, 2.45) is 0 Å². The first-order valence-electron chi connectivity index (χ1n) is 6.70. The van der Waals surface area contributed by atoms with Gasteiger partial charge in [0.15, 0.2) is 5.60 Å². The summed E-state index contributed by atoms with van der Waals surface area (Å²) in [4.78, 5) is 0. The molecule has 1 saturated heterocycles. The average Bonchev–Trinajstić information content (AvgIpc) is 3.16. The fourth-order valence-corrected chi connectivity index (χ4v) is 2.95. The first-order chi connectivity index (χ1) is 9.76. The van der Waals surface area contributed by atoms with Crippen molar-refractivity contribution in [1.29, 1.82) is 0 Å². The van der Waals surface area contributed by atoms with E-state index < -0.39 is 11.4 Å². The Morgan fingerprint density at radius 3 is 2.20 bits per heavy atom. The molecule has 2 aromatic carbocycles. The summed E-state index contributed by atoms with van der Waals surface area (Å²) in [6.45, 7) is 0. The smallest absolute Gasteiger partial charge is 0.232 e. The zero-order chi connectivity index (χ0) is 13.6. The molecule has 1 N–H and O–H groups in total. The molecule has 1 aliphatic carbocycles. The number of fused-ring (bicyclic) bond motifs is 1. The molecule has 0 radical (unpaired) electrons. The fourth-order valence-electron chi connectivity index (χ4n) is 2.95. The zero-order valence-electron chi connectivity index (χ0n) is 10.9. The molecule has 2 unspecified atom stereocenters. The van der Waals surface area contributed by atoms with Gasteiger partial charge in [-0.1, -0.05) is 72.8 Å². The number of benzene rings is 2. The Bertz CT molecular complexity index is 703. The van der Waals surface area contributed by atoms with Gasteiger partial charge in [0.25, 0.3) is 0 Å². The van der Waals surface area contributed by atoms with E-state index in [0.29, 0.717) is 0 Å². The van der Waals surface area contributed by atoms with Crippen LogP contribution in [0.5, 0.6) is 0 Å². The van der Waals surface area contributed by atoms with Crippen molar-refractivity contribution in [3.63, 3.8) is 0 Å². The van der Waals surface area contributed by atoms with Gasteiger partial charge >= 0.3 is 0 Å². The second-order valence-electron chi connectivity index (χ2n) is 5.15. The van der Waals surface area contributed by atoms with Gasteiger partial charge in [-0.2, -0.15) is 0 Å². The Balaban J connectivity index is 1.81. The van der Waals surface area contributed by atoms with E-state index in [-0.39, 0.29) is 0 Å². The molecule has 20 heavy (non-hydrogen) atoms. The number of hydrogen-bond acceptors (Lipinski definition) is 2. The molecule has 98 valence electrons. The summed E-state index contributed by atoms with van der Waals surface area (Å²) in [6, 6.07) is 19.7. The molecule has 2 atom stereocenters. The highest BCUT2D eigenvalue weighted by Gasteiger charge is 2.72. The number of hydrogen-bond donors (Lipinski definition) is 1. The monoisotopic (exact) mass is 262 g/mol. The summed E-state index contributed by atoms with van der Waals surface area (Å²) < 4.78 is 5.81. The number of rotatable bonds is 2. The Hall–Kier alpha value is -2.16. The van der Waals surface area contributed by atoms with Gasteiger partial charge in [-0.25, -0.2) is 0 Å². The van der Waals surface area contributed by atoms with Crippen LogP contribution in [-0.4, -0.2) is 10.9 Å². The van der Waals surface area contributed by atoms with Crippen molar-refractivity contribution < 1.29 is 9.84 Å². The van der Waals surface area contributed by atoms with E-state index in [2.05, 4.69) is 0 Å². The van der Waals surface area contributed by atoms with Gasteiger partial charge in [-0.3, -0.25) is 0 Å². The van der Waals surface area contributed by atoms with Crippen LogP contribution in [0.15, 0.2) is 78.9 Å². The van der Waals surface area contributed by atoms with E-state index in [1.807, 2.05) is 78.9 Å². The maximum atomic E-state index is 10.9. The van der Waals surface area contributed by atoms with Crippen LogP contribution in [0, 0.1) is 0 Å². The highest BCUT2D eigenvalue weighted by molar-refractivity contribution is 5.79. The molecule has 2 aliphatic rings. The number of epoxide rings is 1. The van der Waals surface area contributed by atoms with Gasteiger partial charge in [0.1, 0.15) is 0 Å². The molecule has 2 nitrogen and oxygen atoms in total. The molecule has 1 aliphatic heterocycles. The van der Waals surface area contributed by atoms with E-state index in [4.69, 9.17) is 4.74 Å². The van der Waals surface area contributed by atoms with Gasteiger partial charge in [-0.15, -0.1) is 0 Å². The van der Waals surface area contributed by atoms with Gasteiger partial charge < -0.3 is 9.84 Å². The summed E-state index contributed by atoms with van der Waals surface area (Å²) in [6.07, 6.45) is 5.80. The minimum atomic E-state index is -1.26. The Kier molecular flexibility index (Phi) is 2.28. The molecule has 0 bridgehead atoms. The summed E-state index contributed by atoms with van der Waals surface area (Å²) in [7, 11) is 0. The largest absolute Gasteiger partial charge is 0.359 e. The van der Waals surface area contributed by atoms with Crippen molar-refractivity contribution in [3.05, 3.63) is 90.0 Å². The quantitative estimate of drug-likeness (QED) is 0.843. The maximum Gasteiger partial charge on any atom is 0.232 e. The van der Waals surface area contributed by atoms with Crippen LogP contribution in [0.25, 0.3) is 5.57 Å². The highest BCUT2D eigenvalue weighted by Crippen LogP contribution is 2.62. The molecule has 0 aromatic heterocycles. The van der Waals surface area contributed by atoms with Gasteiger partial charge in [0.2, 0.25) is 5.79 Å². The SMILES string of the molecule is OC12OC1(c1ccccc1)C=CC=C2c1ccccc1. The van der Waals surface area contributed by atoms with E-state index in [1.54, 1.807) is 0 Å². The van der Waals surface area contributed by atoms with Crippen LogP contribution < -0.4 is 0 Å². The average molecular weight is 262 g/mol. The molecule has 0 spiro atoms. The molecule has 0 amide bonds. The summed E-state index contributed by atoms with van der Waals surface area (Å²) in [5, 5.41) is 10.9. The van der Waals surface area contributed by atoms with Gasteiger partial charge in [-0.05, 0) is 17.2 Å². The van der Waals surface area contributed by atoms with Crippen LogP contribution >= 0.6 is 0 Å². The lowest BCUT2D eigenvalue weighted by Crippen LogP contribution is -2.25. The molecule has 1 fully saturated rings. The van der Waals surface area contributed by atoms with Crippen molar-refractivity contribution in [2.45, 2.75) is 11.4 Å². The molecule has 2 heteroatoms. The summed E-state index contributed by atoms with van der Waals surface area (Å²) in [5.41, 5.74) is 2.02. The third-order valence-electron chi connectivity index (χ3n) is 4.02. The first kappa shape index (κ1) is 11.6. The van der Waals surface area contributed by atoms with Crippen molar-refractivity contribution >= 4 is 5.57 Å². The molecular formula is C18H14O2. The zero-order valence-corrected chi connectivity index (χ0v) is 10.9. The third-order valence-corrected chi connectivity index (χ3v) is 4.02. The van der Waals surface area contributed by atoms with Crippen LogP contribution in [0.1, 0.15) is 11.1 Å². The summed E-state index contributed by atoms with van der Waals surface area (Å²) >= 11 is 0. The van der Waals surface area contributed by atoms with Gasteiger partial charge in [0, 0.05) is 5.57 Å². The Morgan fingerprint density at radius 1 is 0.850 bits per heavy atom. The molecule has 4 rings (SSSR count). The molecule has 0 saturated carbocycles. The number of allylic oxidation sites excluding steroid dienone is 2. The van der Waals surface area contributed by atoms with Crippen LogP contribution in [0.3, 0.4) is 0 Å². The highest BCUT2D eigenvalue weighted by atomic mass is 16.8. The minimum absolute atomic E-state index is 0.742. The Morgan fingerprint density at radius 2 is 1.50 bits per heavy atom. The van der Waals surface area contributed by atoms with E-state index in [1.165, 1.54) is 0 Å². The van der Waals surface area contributed by atoms with Crippen LogP contribution in [-0.2, 0) is 10.3 Å². The Labute approximate surface area is 117 Å². The third kappa shape index (κ3) is 1.40. The lowest BCUT2D eigenvalue weighted by molar-refractivity contribution is 0.0920. The van der Waals surface area contributed by atoms with E-state index in [0.717, 1.165) is 16.7 Å². The van der Waals surface area contributed by atoms with E-state index >= 15 is 0 Å². The first-order valence-corrected chi connectivity index (χ1v) is 6.70. The molecule has 2 aromatic rings. The lowest BCUT2D eigenvalue weighted by Gasteiger charge is -2.19. The second kappa shape index (κ2) is 3.92. The van der Waals surface area contributed by atoms with Gasteiger partial charge in [0.05, 0.1) is 0 Å². The van der Waals surface area contributed by atoms with Crippen molar-refractivity contribution in [1.82, 2.24) is 0 Å². The van der Waals surface area contributed by atoms with E-state index in [9.17, 15) is 5.11 Å². The number of ether oxygens (including phenoxy) is 1. The lowest BCUT2D eigenvalue weighted by atomic mass is 9.83. The van der Waals surface area contributed by atoms with Crippen LogP contribution in [0.4, 0.5) is 0 Å². The summed E-state index contributed by atoms with van der Waals surface area (Å²) in [5.74, 6) is -1.26.